The van der Waals surface area contributed by atoms with E-state index in [1.807, 2.05) is 38.1 Å². The van der Waals surface area contributed by atoms with Gasteiger partial charge in [-0.15, -0.1) is 0 Å². The summed E-state index contributed by atoms with van der Waals surface area (Å²) in [6, 6.07) is 7.49. The van der Waals surface area contributed by atoms with Crippen molar-refractivity contribution in [3.8, 4) is 11.4 Å². The summed E-state index contributed by atoms with van der Waals surface area (Å²) in [5.74, 6) is 1.21. The molecule has 0 aliphatic heterocycles. The lowest BCUT2D eigenvalue weighted by atomic mass is 10.1. The zero-order valence-corrected chi connectivity index (χ0v) is 10.8. The molecule has 0 unspecified atom stereocenters. The van der Waals surface area contributed by atoms with E-state index in [1.165, 1.54) is 0 Å². The van der Waals surface area contributed by atoms with Crippen molar-refractivity contribution in [1.29, 1.82) is 0 Å². The number of hydrogen-bond donors (Lipinski definition) is 1. The van der Waals surface area contributed by atoms with Crippen LogP contribution >= 0.6 is 0 Å². The van der Waals surface area contributed by atoms with Crippen molar-refractivity contribution in [2.24, 2.45) is 11.7 Å². The van der Waals surface area contributed by atoms with E-state index < -0.39 is 0 Å². The Kier molecular flexibility index (Phi) is 2.83. The number of para-hydroxylation sites is 1. The second kappa shape index (κ2) is 4.51. The number of fused-ring (bicyclic) bond motifs is 1. The molecule has 0 amide bonds. The van der Waals surface area contributed by atoms with Gasteiger partial charge in [0.15, 0.2) is 0 Å². The Morgan fingerprint density at radius 3 is 2.79 bits per heavy atom. The van der Waals surface area contributed by atoms with Gasteiger partial charge >= 0.3 is 0 Å². The molecule has 0 radical (unpaired) electrons. The lowest BCUT2D eigenvalue weighted by molar-refractivity contribution is 0.325. The molecular formula is C14H15N3O2. The van der Waals surface area contributed by atoms with Gasteiger partial charge in [0.05, 0.1) is 11.6 Å². The van der Waals surface area contributed by atoms with Crippen molar-refractivity contribution < 1.29 is 8.94 Å². The van der Waals surface area contributed by atoms with Crippen LogP contribution in [0.2, 0.25) is 0 Å². The Labute approximate surface area is 110 Å². The van der Waals surface area contributed by atoms with Gasteiger partial charge in [-0.1, -0.05) is 37.2 Å². The van der Waals surface area contributed by atoms with Gasteiger partial charge in [0, 0.05) is 5.39 Å². The molecule has 0 bridgehead atoms. The molecule has 2 aromatic heterocycles. The molecule has 2 heterocycles. The van der Waals surface area contributed by atoms with Crippen molar-refractivity contribution >= 4 is 11.0 Å². The molecule has 0 saturated heterocycles. The highest BCUT2D eigenvalue weighted by Crippen LogP contribution is 2.29. The number of hydrogen-bond acceptors (Lipinski definition) is 5. The molecule has 0 saturated carbocycles. The third-order valence-electron chi connectivity index (χ3n) is 3.17. The van der Waals surface area contributed by atoms with Gasteiger partial charge < -0.3 is 14.7 Å². The zero-order valence-electron chi connectivity index (χ0n) is 10.8. The summed E-state index contributed by atoms with van der Waals surface area (Å²) >= 11 is 0. The number of nitrogens with zero attached hydrogens (tertiary/aromatic N) is 2. The van der Waals surface area contributed by atoms with Gasteiger partial charge in [0.1, 0.15) is 11.8 Å². The quantitative estimate of drug-likeness (QED) is 0.779. The van der Waals surface area contributed by atoms with Crippen LogP contribution in [0.5, 0.6) is 0 Å². The summed E-state index contributed by atoms with van der Waals surface area (Å²) in [5, 5.41) is 4.95. The van der Waals surface area contributed by atoms with Gasteiger partial charge in [0.25, 0.3) is 0 Å². The van der Waals surface area contributed by atoms with Crippen molar-refractivity contribution in [2.45, 2.75) is 19.9 Å². The molecule has 3 rings (SSSR count). The first-order valence-corrected chi connectivity index (χ1v) is 6.22. The summed E-state index contributed by atoms with van der Waals surface area (Å²) in [6.45, 7) is 4.03. The molecule has 19 heavy (non-hydrogen) atoms. The minimum Gasteiger partial charge on any atom is -0.464 e. The lowest BCUT2D eigenvalue weighted by Crippen LogP contribution is -2.16. The summed E-state index contributed by atoms with van der Waals surface area (Å²) in [5.41, 5.74) is 7.62. The van der Waals surface area contributed by atoms with Crippen LogP contribution < -0.4 is 5.73 Å². The summed E-state index contributed by atoms with van der Waals surface area (Å²) in [6.07, 6.45) is 1.64. The maximum atomic E-state index is 6.00. The smallest absolute Gasteiger partial charge is 0.244 e. The SMILES string of the molecule is CC(C)[C@@H](N)c1nc(-c2coc3ccccc23)no1. The van der Waals surface area contributed by atoms with Gasteiger partial charge in [-0.05, 0) is 12.0 Å². The van der Waals surface area contributed by atoms with E-state index in [1.54, 1.807) is 6.26 Å². The number of furan rings is 1. The van der Waals surface area contributed by atoms with Crippen molar-refractivity contribution in [2.75, 3.05) is 0 Å². The van der Waals surface area contributed by atoms with Crippen molar-refractivity contribution in [3.05, 3.63) is 36.4 Å². The van der Waals surface area contributed by atoms with E-state index in [2.05, 4.69) is 10.1 Å². The predicted molar refractivity (Wildman–Crippen MR) is 71.3 cm³/mol. The number of aromatic nitrogens is 2. The topological polar surface area (TPSA) is 78.1 Å². The van der Waals surface area contributed by atoms with E-state index in [0.717, 1.165) is 16.5 Å². The molecule has 98 valence electrons. The van der Waals surface area contributed by atoms with Crippen LogP contribution in [0.25, 0.3) is 22.4 Å². The van der Waals surface area contributed by atoms with Crippen LogP contribution in [0.15, 0.2) is 39.5 Å². The molecule has 1 aromatic carbocycles. The molecule has 5 heteroatoms. The Bertz CT molecular complexity index is 699. The van der Waals surface area contributed by atoms with E-state index in [9.17, 15) is 0 Å². The number of nitrogens with two attached hydrogens (primary N) is 1. The molecule has 0 fully saturated rings. The van der Waals surface area contributed by atoms with Crippen LogP contribution in [-0.2, 0) is 0 Å². The van der Waals surface area contributed by atoms with E-state index in [0.29, 0.717) is 11.7 Å². The Morgan fingerprint density at radius 2 is 2.00 bits per heavy atom. The first kappa shape index (κ1) is 11.9. The fourth-order valence-electron chi connectivity index (χ4n) is 1.92. The minimum atomic E-state index is -0.251. The number of benzene rings is 1. The molecule has 3 aromatic rings. The molecule has 0 aliphatic rings. The highest BCUT2D eigenvalue weighted by atomic mass is 16.5. The zero-order chi connectivity index (χ0) is 13.4. The monoisotopic (exact) mass is 257 g/mol. The van der Waals surface area contributed by atoms with Gasteiger partial charge in [-0.2, -0.15) is 4.98 Å². The first-order valence-electron chi connectivity index (χ1n) is 6.22. The molecule has 2 N–H and O–H groups in total. The summed E-state index contributed by atoms with van der Waals surface area (Å²) < 4.78 is 10.7. The lowest BCUT2D eigenvalue weighted by Gasteiger charge is -2.09. The maximum absolute atomic E-state index is 6.00. The van der Waals surface area contributed by atoms with E-state index in [-0.39, 0.29) is 12.0 Å². The molecular weight excluding hydrogens is 242 g/mol. The maximum Gasteiger partial charge on any atom is 0.244 e. The average molecular weight is 257 g/mol. The van der Waals surface area contributed by atoms with Crippen molar-refractivity contribution in [1.82, 2.24) is 10.1 Å². The van der Waals surface area contributed by atoms with E-state index >= 15 is 0 Å². The van der Waals surface area contributed by atoms with Crippen LogP contribution in [0.1, 0.15) is 25.8 Å². The van der Waals surface area contributed by atoms with Crippen LogP contribution in [0.3, 0.4) is 0 Å². The van der Waals surface area contributed by atoms with Gasteiger partial charge in [-0.3, -0.25) is 0 Å². The molecule has 5 nitrogen and oxygen atoms in total. The van der Waals surface area contributed by atoms with Crippen LogP contribution in [-0.4, -0.2) is 10.1 Å². The van der Waals surface area contributed by atoms with Gasteiger partial charge in [0.2, 0.25) is 11.7 Å². The average Bonchev–Trinajstić information content (AvgIpc) is 3.03. The van der Waals surface area contributed by atoms with Gasteiger partial charge in [-0.25, -0.2) is 0 Å². The second-order valence-corrected chi connectivity index (χ2v) is 4.87. The molecule has 0 spiro atoms. The summed E-state index contributed by atoms with van der Waals surface area (Å²) in [4.78, 5) is 4.36. The Hall–Kier alpha value is -2.14. The third-order valence-corrected chi connectivity index (χ3v) is 3.17. The minimum absolute atomic E-state index is 0.245. The van der Waals surface area contributed by atoms with Crippen LogP contribution in [0.4, 0.5) is 0 Å². The predicted octanol–water partition coefficient (Wildman–Crippen LogP) is 3.14. The fourth-order valence-corrected chi connectivity index (χ4v) is 1.92. The fraction of sp³-hybridized carbons (Fsp3) is 0.286. The highest BCUT2D eigenvalue weighted by molar-refractivity contribution is 5.91. The van der Waals surface area contributed by atoms with Crippen molar-refractivity contribution in [3.63, 3.8) is 0 Å². The highest BCUT2D eigenvalue weighted by Gasteiger charge is 2.20. The largest absolute Gasteiger partial charge is 0.464 e. The van der Waals surface area contributed by atoms with E-state index in [4.69, 9.17) is 14.7 Å². The second-order valence-electron chi connectivity index (χ2n) is 4.87. The number of rotatable bonds is 3. The third kappa shape index (κ3) is 2.02. The summed E-state index contributed by atoms with van der Waals surface area (Å²) in [7, 11) is 0. The standard InChI is InChI=1S/C14H15N3O2/c1-8(2)12(15)14-16-13(17-19-14)10-7-18-11-6-4-3-5-9(10)11/h3-8,12H,15H2,1-2H3/t12-/m1/s1. The Morgan fingerprint density at radius 1 is 1.21 bits per heavy atom. The molecule has 0 aliphatic carbocycles. The Balaban J connectivity index is 2.03. The van der Waals surface area contributed by atoms with Crippen LogP contribution in [0, 0.1) is 5.92 Å². The molecule has 1 atom stereocenters. The first-order chi connectivity index (χ1) is 9.16. The normalized spacial score (nSPS) is 13.3.